The van der Waals surface area contributed by atoms with E-state index in [4.69, 9.17) is 56.8 Å². The summed E-state index contributed by atoms with van der Waals surface area (Å²) < 4.78 is 83.5. The highest BCUT2D eigenvalue weighted by Gasteiger charge is 2.56. The van der Waals surface area contributed by atoms with Gasteiger partial charge in [-0.05, 0) is 66.3 Å². The second-order valence-electron chi connectivity index (χ2n) is 21.4. The molecule has 0 saturated carbocycles. The molecule has 10 rings (SSSR count). The third-order valence-corrected chi connectivity index (χ3v) is 15.3. The van der Waals surface area contributed by atoms with E-state index in [2.05, 4.69) is 0 Å². The first-order chi connectivity index (χ1) is 40.2. The van der Waals surface area contributed by atoms with Crippen LogP contribution in [0.3, 0.4) is 0 Å². The molecule has 13 heteroatoms. The minimum Gasteiger partial charge on any atom is -0.450 e. The Morgan fingerprint density at radius 2 is 0.695 bits per heavy atom. The lowest BCUT2D eigenvalue weighted by Gasteiger charge is -2.51. The summed E-state index contributed by atoms with van der Waals surface area (Å²) in [5.41, 5.74) is 6.23. The van der Waals surface area contributed by atoms with Gasteiger partial charge in [0.25, 0.3) is 0 Å². The first-order valence-corrected chi connectivity index (χ1v) is 28.7. The molecule has 13 nitrogen and oxygen atoms in total. The Labute approximate surface area is 482 Å². The third-order valence-electron chi connectivity index (χ3n) is 15.3. The van der Waals surface area contributed by atoms with Crippen molar-refractivity contribution in [2.45, 2.75) is 153 Å². The second-order valence-corrected chi connectivity index (χ2v) is 21.4. The average molecular weight is 1110 g/mol. The number of carbonyl (C=O) groups is 1. The lowest BCUT2D eigenvalue weighted by atomic mass is 9.91. The van der Waals surface area contributed by atoms with Crippen LogP contribution in [0.5, 0.6) is 0 Å². The number of carbonyl (C=O) groups excluding carboxylic acids is 1. The Morgan fingerprint density at radius 3 is 1.16 bits per heavy atom. The van der Waals surface area contributed by atoms with Gasteiger partial charge in [-0.15, -0.1) is 0 Å². The van der Waals surface area contributed by atoms with Gasteiger partial charge in [0.1, 0.15) is 42.7 Å². The fraction of sp³-hybridized carbons (Fsp3) is 0.377. The number of benzene rings is 7. The topological polar surface area (TPSA) is 128 Å². The van der Waals surface area contributed by atoms with Crippen LogP contribution in [0.25, 0.3) is 0 Å². The van der Waals surface area contributed by atoms with Gasteiger partial charge in [-0.3, -0.25) is 0 Å². The van der Waals surface area contributed by atoms with Gasteiger partial charge < -0.3 is 56.8 Å². The molecular formula is C69H76O13. The maximum absolute atomic E-state index is 14.7. The predicted molar refractivity (Wildman–Crippen MR) is 309 cm³/mol. The molecule has 0 amide bonds. The zero-order chi connectivity index (χ0) is 56.5. The van der Waals surface area contributed by atoms with E-state index in [9.17, 15) is 4.79 Å². The van der Waals surface area contributed by atoms with Gasteiger partial charge in [0.2, 0.25) is 0 Å². The van der Waals surface area contributed by atoms with Gasteiger partial charge in [0.05, 0.1) is 76.2 Å². The molecule has 0 N–H and O–H groups in total. The summed E-state index contributed by atoms with van der Waals surface area (Å²) in [7, 11) is 0. The van der Waals surface area contributed by atoms with Gasteiger partial charge in [0, 0.05) is 5.92 Å². The summed E-state index contributed by atoms with van der Waals surface area (Å²) in [4.78, 5) is 14.7. The minimum absolute atomic E-state index is 0.137. The molecule has 82 heavy (non-hydrogen) atoms. The molecule has 430 valence electrons. The van der Waals surface area contributed by atoms with Crippen molar-refractivity contribution < 1.29 is 61.6 Å². The van der Waals surface area contributed by atoms with Crippen LogP contribution < -0.4 is 0 Å². The number of esters is 1. The fourth-order valence-electron chi connectivity index (χ4n) is 11.0. The number of ether oxygens (including phenoxy) is 12. The molecule has 3 aliphatic rings. The van der Waals surface area contributed by atoms with Crippen molar-refractivity contribution in [1.82, 2.24) is 0 Å². The lowest BCUT2D eigenvalue weighted by Crippen LogP contribution is -2.66. The van der Waals surface area contributed by atoms with Crippen molar-refractivity contribution >= 4 is 5.97 Å². The van der Waals surface area contributed by atoms with E-state index in [0.717, 1.165) is 33.4 Å². The summed E-state index contributed by atoms with van der Waals surface area (Å²) >= 11 is 0. The Bertz CT molecular complexity index is 2930. The van der Waals surface area contributed by atoms with Crippen molar-refractivity contribution in [1.29, 1.82) is 0 Å². The summed E-state index contributed by atoms with van der Waals surface area (Å²) in [6.45, 7) is 9.73. The maximum atomic E-state index is 14.7. The molecule has 0 spiro atoms. The van der Waals surface area contributed by atoms with Crippen LogP contribution in [-0.4, -0.2) is 98.4 Å². The third kappa shape index (κ3) is 15.8. The Hall–Kier alpha value is -6.43. The van der Waals surface area contributed by atoms with Crippen molar-refractivity contribution in [2.24, 2.45) is 5.92 Å². The molecule has 0 radical (unpaired) electrons. The SMILES string of the molecule is CC1C(OCc2ccccc2)[C@H](OCc2ccccc2)[C@@H](COCc2ccccc2)O[C@@H]1O[C@H]1C(OC(=O)c2ccccc2)[C@H](OC2[C@H](C)OC(C)[C@H](OCc3ccccc3)[C@H]2OCc2ccccc2)OC(C)[C@@H]1OCc1ccccc1. The number of rotatable bonds is 25. The highest BCUT2D eigenvalue weighted by atomic mass is 16.8. The van der Waals surface area contributed by atoms with Crippen LogP contribution in [-0.2, 0) is 96.5 Å². The minimum atomic E-state index is -1.27. The number of hydrogen-bond acceptors (Lipinski definition) is 13. The molecule has 3 saturated heterocycles. The van der Waals surface area contributed by atoms with E-state index in [1.807, 2.05) is 216 Å². The molecule has 7 aromatic carbocycles. The molecular weight excluding hydrogens is 1040 g/mol. The zero-order valence-corrected chi connectivity index (χ0v) is 47.1. The van der Waals surface area contributed by atoms with E-state index in [1.54, 1.807) is 24.3 Å². The Balaban J connectivity index is 1.02. The Kier molecular flexibility index (Phi) is 21.3. The van der Waals surface area contributed by atoms with E-state index in [1.165, 1.54) is 0 Å². The van der Waals surface area contributed by atoms with Crippen molar-refractivity contribution in [3.8, 4) is 0 Å². The highest BCUT2D eigenvalue weighted by molar-refractivity contribution is 5.89. The van der Waals surface area contributed by atoms with Gasteiger partial charge in [-0.25, -0.2) is 4.79 Å². The largest absolute Gasteiger partial charge is 0.450 e. The molecule has 3 aliphatic heterocycles. The van der Waals surface area contributed by atoms with E-state index in [0.29, 0.717) is 32.0 Å². The monoisotopic (exact) mass is 1110 g/mol. The zero-order valence-electron chi connectivity index (χ0n) is 47.1. The van der Waals surface area contributed by atoms with Gasteiger partial charge in [-0.2, -0.15) is 0 Å². The predicted octanol–water partition coefficient (Wildman–Crippen LogP) is 12.0. The molecule has 6 unspecified atom stereocenters. The fourth-order valence-corrected chi connectivity index (χ4v) is 11.0. The molecule has 0 aromatic heterocycles. The maximum Gasteiger partial charge on any atom is 0.338 e. The van der Waals surface area contributed by atoms with Crippen molar-refractivity contribution in [3.05, 3.63) is 251 Å². The standard InChI is InChI=1S/C69H76O13/c1-47-59(72-41-52-28-14-6-15-29-52)63(75-44-55-34-20-9-21-35-55)58(46-71-40-51-26-12-5-13-27-51)79-68(47)82-65-61(74-43-54-32-18-8-19-33-54)49(3)78-69(66(65)80-67(70)57-38-24-11-25-39-57)81-62-50(4)77-48(2)60(73-42-53-30-16-7-17-31-53)64(62)76-45-56-36-22-10-23-37-56/h5-39,47-50,58-66,68-69H,40-46H2,1-4H3/t47?,48?,49?,50-,58+,59?,60-,61-,62?,63+,64+,65+,66?,68+,69-/m0/s1. The van der Waals surface area contributed by atoms with Crippen LogP contribution >= 0.6 is 0 Å². The molecule has 7 aromatic rings. The molecule has 15 atom stereocenters. The summed E-state index contributed by atoms with van der Waals surface area (Å²) in [5, 5.41) is 0. The number of hydrogen-bond donors (Lipinski definition) is 0. The summed E-state index contributed by atoms with van der Waals surface area (Å²) in [6, 6.07) is 68.8. The normalized spacial score (nSPS) is 28.3. The second kappa shape index (κ2) is 29.7. The molecule has 0 aliphatic carbocycles. The summed E-state index contributed by atoms with van der Waals surface area (Å²) in [5.74, 6) is -1.10. The van der Waals surface area contributed by atoms with Crippen LogP contribution in [0.2, 0.25) is 0 Å². The smallest absolute Gasteiger partial charge is 0.338 e. The molecule has 3 fully saturated rings. The van der Waals surface area contributed by atoms with E-state index in [-0.39, 0.29) is 19.8 Å². The van der Waals surface area contributed by atoms with Crippen molar-refractivity contribution in [3.63, 3.8) is 0 Å². The summed E-state index contributed by atoms with van der Waals surface area (Å²) in [6.07, 6.45) is -11.1. The lowest BCUT2D eigenvalue weighted by molar-refractivity contribution is -0.373. The molecule has 0 bridgehead atoms. The quantitative estimate of drug-likeness (QED) is 0.0504. The Morgan fingerprint density at radius 1 is 0.341 bits per heavy atom. The highest BCUT2D eigenvalue weighted by Crippen LogP contribution is 2.39. The van der Waals surface area contributed by atoms with Crippen LogP contribution in [0.1, 0.15) is 71.4 Å². The van der Waals surface area contributed by atoms with Crippen LogP contribution in [0.15, 0.2) is 212 Å². The molecule has 3 heterocycles. The van der Waals surface area contributed by atoms with Gasteiger partial charge >= 0.3 is 5.97 Å². The van der Waals surface area contributed by atoms with E-state index < -0.39 is 97.7 Å². The van der Waals surface area contributed by atoms with Crippen LogP contribution in [0, 0.1) is 5.92 Å². The first kappa shape index (κ1) is 58.8. The average Bonchev–Trinajstić information content (AvgIpc) is 3.71. The van der Waals surface area contributed by atoms with Crippen molar-refractivity contribution in [2.75, 3.05) is 6.61 Å². The van der Waals surface area contributed by atoms with E-state index >= 15 is 0 Å². The van der Waals surface area contributed by atoms with Crippen LogP contribution in [0.4, 0.5) is 0 Å². The van der Waals surface area contributed by atoms with Gasteiger partial charge in [0.15, 0.2) is 18.7 Å². The van der Waals surface area contributed by atoms with Gasteiger partial charge in [-0.1, -0.05) is 207 Å². The first-order valence-electron chi connectivity index (χ1n) is 28.7.